The quantitative estimate of drug-likeness (QED) is 0.681. The molecule has 0 saturated heterocycles. The van der Waals surface area contributed by atoms with E-state index in [1.54, 1.807) is 20.3 Å². The number of aryl methyl sites for hydroxylation is 1. The molecule has 6 heteroatoms. The van der Waals surface area contributed by atoms with Gasteiger partial charge in [0.05, 0.1) is 25.3 Å². The van der Waals surface area contributed by atoms with E-state index in [9.17, 15) is 4.79 Å². The molecular formula is C24H27NO5. The molecule has 2 aliphatic rings. The minimum absolute atomic E-state index is 0.129. The van der Waals surface area contributed by atoms with Crippen molar-refractivity contribution in [3.63, 3.8) is 0 Å². The van der Waals surface area contributed by atoms with Crippen LogP contribution in [0, 0.1) is 12.8 Å². The highest BCUT2D eigenvalue weighted by Crippen LogP contribution is 2.44. The van der Waals surface area contributed by atoms with Crippen LogP contribution in [0.15, 0.2) is 30.0 Å². The van der Waals surface area contributed by atoms with Gasteiger partial charge in [-0.25, -0.2) is 0 Å². The van der Waals surface area contributed by atoms with Crippen LogP contribution in [0.25, 0.3) is 6.08 Å². The Morgan fingerprint density at radius 1 is 1.23 bits per heavy atom. The second-order valence-corrected chi connectivity index (χ2v) is 8.08. The topological polar surface area (TPSA) is 57.2 Å². The number of methoxy groups -OCH3 is 2. The van der Waals surface area contributed by atoms with Crippen LogP contribution in [0.4, 0.5) is 0 Å². The first-order valence-electron chi connectivity index (χ1n) is 10.1. The molecular weight excluding hydrogens is 382 g/mol. The van der Waals surface area contributed by atoms with Crippen molar-refractivity contribution in [1.82, 2.24) is 4.90 Å². The zero-order chi connectivity index (χ0) is 21.4. The van der Waals surface area contributed by atoms with Gasteiger partial charge in [0.15, 0.2) is 17.3 Å². The monoisotopic (exact) mass is 409 g/mol. The summed E-state index contributed by atoms with van der Waals surface area (Å²) in [6.45, 7) is 8.42. The lowest BCUT2D eigenvalue weighted by Crippen LogP contribution is -2.35. The van der Waals surface area contributed by atoms with Gasteiger partial charge in [0, 0.05) is 18.7 Å². The van der Waals surface area contributed by atoms with E-state index in [-0.39, 0.29) is 11.5 Å². The maximum Gasteiger partial charge on any atom is 0.232 e. The number of carbonyl (C=O) groups excluding carboxylic acids is 1. The van der Waals surface area contributed by atoms with Crippen molar-refractivity contribution in [2.24, 2.45) is 5.92 Å². The summed E-state index contributed by atoms with van der Waals surface area (Å²) in [5, 5.41) is 0. The predicted octanol–water partition coefficient (Wildman–Crippen LogP) is 4.44. The molecule has 30 heavy (non-hydrogen) atoms. The van der Waals surface area contributed by atoms with E-state index in [0.717, 1.165) is 29.0 Å². The van der Waals surface area contributed by atoms with Crippen LogP contribution in [0.3, 0.4) is 0 Å². The third-order valence-corrected chi connectivity index (χ3v) is 5.33. The average molecular weight is 409 g/mol. The Bertz CT molecular complexity index is 1020. The second-order valence-electron chi connectivity index (χ2n) is 8.08. The fourth-order valence-electron chi connectivity index (χ4n) is 4.08. The van der Waals surface area contributed by atoms with Crippen LogP contribution in [-0.2, 0) is 6.54 Å². The first kappa shape index (κ1) is 20.3. The Balaban J connectivity index is 1.74. The first-order chi connectivity index (χ1) is 14.4. The lowest BCUT2D eigenvalue weighted by molar-refractivity contribution is 0.0831. The highest BCUT2D eigenvalue weighted by Gasteiger charge is 2.35. The number of hydrogen-bond acceptors (Lipinski definition) is 6. The third kappa shape index (κ3) is 3.52. The number of benzene rings is 2. The van der Waals surface area contributed by atoms with Crippen molar-refractivity contribution in [2.75, 3.05) is 27.5 Å². The van der Waals surface area contributed by atoms with E-state index < -0.39 is 0 Å². The van der Waals surface area contributed by atoms with Gasteiger partial charge in [-0.2, -0.15) is 0 Å². The molecule has 6 nitrogen and oxygen atoms in total. The molecule has 0 radical (unpaired) electrons. The number of Topliss-reactive ketones (excluding diaryl/α,β-unsaturated/α-hetero) is 1. The average Bonchev–Trinajstić information content (AvgIpc) is 3.05. The van der Waals surface area contributed by atoms with E-state index in [2.05, 4.69) is 18.7 Å². The van der Waals surface area contributed by atoms with Crippen molar-refractivity contribution >= 4 is 11.9 Å². The molecule has 0 spiro atoms. The summed E-state index contributed by atoms with van der Waals surface area (Å²) < 4.78 is 23.0. The Morgan fingerprint density at radius 2 is 2.03 bits per heavy atom. The molecule has 0 atom stereocenters. The van der Waals surface area contributed by atoms with Crippen LogP contribution < -0.4 is 18.9 Å². The minimum atomic E-state index is -0.129. The van der Waals surface area contributed by atoms with Gasteiger partial charge in [-0.05, 0) is 36.6 Å². The van der Waals surface area contributed by atoms with E-state index in [0.29, 0.717) is 42.0 Å². The lowest BCUT2D eigenvalue weighted by atomic mass is 9.98. The largest absolute Gasteiger partial charge is 0.493 e. The van der Waals surface area contributed by atoms with Crippen LogP contribution in [0.2, 0.25) is 0 Å². The highest BCUT2D eigenvalue weighted by atomic mass is 16.5. The predicted molar refractivity (Wildman–Crippen MR) is 114 cm³/mol. The van der Waals surface area contributed by atoms with E-state index in [1.807, 2.05) is 31.2 Å². The number of allylic oxidation sites excluding steroid dienone is 1. The Hall–Kier alpha value is -2.99. The smallest absolute Gasteiger partial charge is 0.232 e. The molecule has 2 aliphatic heterocycles. The summed E-state index contributed by atoms with van der Waals surface area (Å²) in [5.41, 5.74) is 3.11. The van der Waals surface area contributed by atoms with Gasteiger partial charge in [-0.3, -0.25) is 9.69 Å². The fourth-order valence-corrected chi connectivity index (χ4v) is 4.08. The maximum atomic E-state index is 13.2. The Morgan fingerprint density at radius 3 is 2.73 bits per heavy atom. The molecule has 0 aliphatic carbocycles. The maximum absolute atomic E-state index is 13.2. The zero-order valence-electron chi connectivity index (χ0n) is 18.1. The number of hydrogen-bond donors (Lipinski definition) is 0. The first-order valence-corrected chi connectivity index (χ1v) is 10.1. The molecule has 2 aromatic carbocycles. The molecule has 0 N–H and O–H groups in total. The number of ketones is 1. The summed E-state index contributed by atoms with van der Waals surface area (Å²) in [5.74, 6) is 3.22. The van der Waals surface area contributed by atoms with Crippen molar-refractivity contribution in [1.29, 1.82) is 0 Å². The Kier molecular flexibility index (Phi) is 5.43. The van der Waals surface area contributed by atoms with Crippen molar-refractivity contribution in [3.05, 3.63) is 52.3 Å². The van der Waals surface area contributed by atoms with Gasteiger partial charge >= 0.3 is 0 Å². The van der Waals surface area contributed by atoms with Crippen molar-refractivity contribution in [3.8, 4) is 23.0 Å². The van der Waals surface area contributed by atoms with Gasteiger partial charge < -0.3 is 18.9 Å². The second kappa shape index (κ2) is 8.03. The summed E-state index contributed by atoms with van der Waals surface area (Å²) in [6.07, 6.45) is 1.71. The summed E-state index contributed by atoms with van der Waals surface area (Å²) in [6, 6.07) is 7.47. The molecule has 4 rings (SSSR count). The van der Waals surface area contributed by atoms with Crippen LogP contribution in [0.5, 0.6) is 23.0 Å². The number of nitrogens with zero attached hydrogens (tertiary/aromatic N) is 1. The standard InChI is InChI=1S/C24H27NO5/c1-14(2)11-25-12-17-19(29-13-25)9-15(3)21-22(26)20(30-24(17)21)10-16-7-6-8-18(27-4)23(16)28-5/h6-10,14H,11-13H2,1-5H3/b20-10-. The summed E-state index contributed by atoms with van der Waals surface area (Å²) in [7, 11) is 3.16. The molecule has 0 bridgehead atoms. The van der Waals surface area contributed by atoms with Gasteiger partial charge in [-0.1, -0.05) is 26.0 Å². The fraction of sp³-hybridized carbons (Fsp3) is 0.375. The molecule has 0 aromatic heterocycles. The van der Waals surface area contributed by atoms with Gasteiger partial charge in [0.25, 0.3) is 0 Å². The van der Waals surface area contributed by atoms with Crippen LogP contribution in [0.1, 0.15) is 40.9 Å². The molecule has 158 valence electrons. The summed E-state index contributed by atoms with van der Waals surface area (Å²) >= 11 is 0. The number of ether oxygens (including phenoxy) is 4. The van der Waals surface area contributed by atoms with Crippen molar-refractivity contribution < 1.29 is 23.7 Å². The number of fused-ring (bicyclic) bond motifs is 3. The van der Waals surface area contributed by atoms with E-state index in [4.69, 9.17) is 18.9 Å². The molecule has 0 unspecified atom stereocenters. The number of para-hydroxylation sites is 1. The SMILES string of the molecule is COc1cccc(/C=C2\Oc3c4c(cc(C)c3C2=O)OCN(CC(C)C)C4)c1OC. The molecule has 0 saturated carbocycles. The minimum Gasteiger partial charge on any atom is -0.493 e. The van der Waals surface area contributed by atoms with Crippen LogP contribution >= 0.6 is 0 Å². The summed E-state index contributed by atoms with van der Waals surface area (Å²) in [4.78, 5) is 15.4. The van der Waals surface area contributed by atoms with Crippen molar-refractivity contribution in [2.45, 2.75) is 27.3 Å². The van der Waals surface area contributed by atoms with Gasteiger partial charge in [0.1, 0.15) is 18.2 Å². The molecule has 2 heterocycles. The zero-order valence-corrected chi connectivity index (χ0v) is 18.1. The van der Waals surface area contributed by atoms with Gasteiger partial charge in [0.2, 0.25) is 5.78 Å². The highest BCUT2D eigenvalue weighted by molar-refractivity contribution is 6.16. The van der Waals surface area contributed by atoms with E-state index >= 15 is 0 Å². The Labute approximate surface area is 177 Å². The number of carbonyl (C=O) groups is 1. The lowest BCUT2D eigenvalue weighted by Gasteiger charge is -2.31. The number of rotatable bonds is 5. The normalized spacial score (nSPS) is 16.9. The third-order valence-electron chi connectivity index (χ3n) is 5.33. The van der Waals surface area contributed by atoms with E-state index in [1.165, 1.54) is 0 Å². The molecule has 0 amide bonds. The molecule has 0 fully saturated rings. The molecule has 2 aromatic rings. The van der Waals surface area contributed by atoms with Crippen LogP contribution in [-0.4, -0.2) is 38.2 Å². The van der Waals surface area contributed by atoms with Gasteiger partial charge in [-0.15, -0.1) is 0 Å².